The van der Waals surface area contributed by atoms with E-state index < -0.39 is 0 Å². The fraction of sp³-hybridized carbons (Fsp3) is 0.600. The lowest BCUT2D eigenvalue weighted by molar-refractivity contribution is 0.233. The largest absolute Gasteiger partial charge is 0.369 e. The number of hydrogen-bond donors (Lipinski definition) is 1. The Balaban J connectivity index is 1.67. The molecule has 2 fully saturated rings. The molecule has 2 aliphatic rings. The molecule has 1 aromatic rings. The van der Waals surface area contributed by atoms with Crippen LogP contribution < -0.4 is 10.2 Å². The fourth-order valence-electron chi connectivity index (χ4n) is 2.99. The number of hydrogen-bond acceptors (Lipinski definition) is 3. The van der Waals surface area contributed by atoms with Crippen LogP contribution in [0.5, 0.6) is 0 Å². The first-order valence-corrected chi connectivity index (χ1v) is 7.29. The average Bonchev–Trinajstić information content (AvgIpc) is 2.94. The van der Waals surface area contributed by atoms with Crippen LogP contribution in [-0.4, -0.2) is 44.2 Å². The number of piperazine rings is 1. The second-order valence-corrected chi connectivity index (χ2v) is 5.51. The van der Waals surface area contributed by atoms with Crippen molar-refractivity contribution >= 4 is 5.69 Å². The van der Waals surface area contributed by atoms with Crippen molar-refractivity contribution in [1.82, 2.24) is 10.2 Å². The molecule has 2 aliphatic heterocycles. The first-order valence-electron chi connectivity index (χ1n) is 7.29. The van der Waals surface area contributed by atoms with Crippen molar-refractivity contribution in [2.24, 2.45) is 0 Å². The van der Waals surface area contributed by atoms with E-state index in [-0.39, 0.29) is 5.82 Å². The van der Waals surface area contributed by atoms with Gasteiger partial charge in [0.1, 0.15) is 5.82 Å². The van der Waals surface area contributed by atoms with Crippen molar-refractivity contribution < 1.29 is 4.39 Å². The Morgan fingerprint density at radius 1 is 1.05 bits per heavy atom. The Hall–Kier alpha value is -1.13. The summed E-state index contributed by atoms with van der Waals surface area (Å²) in [5.41, 5.74) is 1.86. The van der Waals surface area contributed by atoms with E-state index in [2.05, 4.69) is 21.2 Å². The third kappa shape index (κ3) is 3.07. The van der Waals surface area contributed by atoms with Gasteiger partial charge < -0.3 is 10.2 Å². The zero-order valence-electron chi connectivity index (χ0n) is 11.4. The maximum absolute atomic E-state index is 14.2. The van der Waals surface area contributed by atoms with Crippen molar-refractivity contribution in [3.05, 3.63) is 29.6 Å². The lowest BCUT2D eigenvalue weighted by Gasteiger charge is -2.27. The quantitative estimate of drug-likeness (QED) is 0.897. The van der Waals surface area contributed by atoms with Crippen molar-refractivity contribution in [3.63, 3.8) is 0 Å². The van der Waals surface area contributed by atoms with Crippen LogP contribution in [0.25, 0.3) is 0 Å². The molecule has 0 unspecified atom stereocenters. The summed E-state index contributed by atoms with van der Waals surface area (Å²) in [5, 5.41) is 3.34. The molecule has 1 N–H and O–H groups in total. The van der Waals surface area contributed by atoms with E-state index in [1.54, 1.807) is 6.07 Å². The van der Waals surface area contributed by atoms with Crippen LogP contribution in [0, 0.1) is 5.82 Å². The van der Waals surface area contributed by atoms with E-state index in [1.165, 1.54) is 12.8 Å². The van der Waals surface area contributed by atoms with E-state index in [0.29, 0.717) is 0 Å². The molecule has 0 atom stereocenters. The molecule has 2 saturated heterocycles. The molecule has 0 saturated carbocycles. The monoisotopic (exact) mass is 263 g/mol. The Morgan fingerprint density at radius 3 is 2.47 bits per heavy atom. The predicted molar refractivity (Wildman–Crippen MR) is 76.0 cm³/mol. The summed E-state index contributed by atoms with van der Waals surface area (Å²) >= 11 is 0. The van der Waals surface area contributed by atoms with Gasteiger partial charge >= 0.3 is 0 Å². The van der Waals surface area contributed by atoms with Gasteiger partial charge in [-0.25, -0.2) is 4.39 Å². The molecular weight excluding hydrogens is 241 g/mol. The van der Waals surface area contributed by atoms with Crippen molar-refractivity contribution in [1.29, 1.82) is 0 Å². The summed E-state index contributed by atoms with van der Waals surface area (Å²) in [6.45, 7) is 7.02. The second-order valence-electron chi connectivity index (χ2n) is 5.51. The Labute approximate surface area is 114 Å². The van der Waals surface area contributed by atoms with Crippen LogP contribution in [0.15, 0.2) is 18.2 Å². The molecule has 0 aromatic heterocycles. The van der Waals surface area contributed by atoms with E-state index in [4.69, 9.17) is 0 Å². The van der Waals surface area contributed by atoms with Gasteiger partial charge in [0.2, 0.25) is 0 Å². The molecule has 0 spiro atoms. The van der Waals surface area contributed by atoms with Gasteiger partial charge in [0.05, 0.1) is 5.69 Å². The lowest BCUT2D eigenvalue weighted by Crippen LogP contribution is -2.42. The summed E-state index contributed by atoms with van der Waals surface area (Å²) in [6, 6.07) is 5.76. The van der Waals surface area contributed by atoms with Gasteiger partial charge in [0.15, 0.2) is 0 Å². The zero-order chi connectivity index (χ0) is 13.1. The molecule has 3 nitrogen and oxygen atoms in total. The van der Waals surface area contributed by atoms with Crippen molar-refractivity contribution in [3.8, 4) is 0 Å². The van der Waals surface area contributed by atoms with Gasteiger partial charge in [0.25, 0.3) is 0 Å². The van der Waals surface area contributed by atoms with Gasteiger partial charge in [0, 0.05) is 45.8 Å². The normalized spacial score (nSPS) is 21.0. The van der Waals surface area contributed by atoms with Gasteiger partial charge in [-0.15, -0.1) is 0 Å². The number of benzene rings is 1. The van der Waals surface area contributed by atoms with Crippen LogP contribution in [0.1, 0.15) is 18.4 Å². The molecule has 4 heteroatoms. The molecule has 19 heavy (non-hydrogen) atoms. The minimum atomic E-state index is -0.0606. The number of rotatable bonds is 3. The number of nitrogens with one attached hydrogen (secondary N) is 1. The van der Waals surface area contributed by atoms with Gasteiger partial charge in [-0.05, 0) is 30.5 Å². The molecular formula is C15H22FN3. The summed E-state index contributed by atoms with van der Waals surface area (Å²) in [6.07, 6.45) is 2.37. The average molecular weight is 263 g/mol. The first kappa shape index (κ1) is 12.9. The topological polar surface area (TPSA) is 18.5 Å². The predicted octanol–water partition coefficient (Wildman–Crippen LogP) is 1.83. The van der Waals surface area contributed by atoms with E-state index in [9.17, 15) is 4.39 Å². The molecule has 104 valence electrons. The Bertz CT molecular complexity index is 423. The number of nitrogens with zero attached hydrogens (tertiary/aromatic N) is 2. The molecule has 0 amide bonds. The third-order valence-electron chi connectivity index (χ3n) is 4.07. The zero-order valence-corrected chi connectivity index (χ0v) is 11.4. The summed E-state index contributed by atoms with van der Waals surface area (Å²) in [7, 11) is 0. The van der Waals surface area contributed by atoms with Crippen LogP contribution in [-0.2, 0) is 6.54 Å². The molecule has 0 aliphatic carbocycles. The third-order valence-corrected chi connectivity index (χ3v) is 4.07. The second kappa shape index (κ2) is 5.88. The molecule has 0 bridgehead atoms. The molecule has 3 rings (SSSR count). The van der Waals surface area contributed by atoms with E-state index >= 15 is 0 Å². The van der Waals surface area contributed by atoms with Crippen LogP contribution in [0.2, 0.25) is 0 Å². The highest BCUT2D eigenvalue weighted by Gasteiger charge is 2.17. The van der Waals surface area contributed by atoms with Crippen LogP contribution in [0.4, 0.5) is 10.1 Å². The molecule has 1 aromatic carbocycles. The number of anilines is 1. The lowest BCUT2D eigenvalue weighted by atomic mass is 10.1. The Morgan fingerprint density at radius 2 is 1.79 bits per heavy atom. The molecule has 0 radical (unpaired) electrons. The van der Waals surface area contributed by atoms with E-state index in [0.717, 1.165) is 57.1 Å². The van der Waals surface area contributed by atoms with Crippen LogP contribution in [0.3, 0.4) is 0 Å². The highest BCUT2D eigenvalue weighted by molar-refractivity contribution is 5.49. The summed E-state index contributed by atoms with van der Waals surface area (Å²) in [4.78, 5) is 4.53. The van der Waals surface area contributed by atoms with E-state index in [1.807, 2.05) is 6.07 Å². The number of halogens is 1. The SMILES string of the molecule is Fc1cc(CN2CCNCC2)ccc1N1CCCC1. The minimum Gasteiger partial charge on any atom is -0.369 e. The minimum absolute atomic E-state index is 0.0606. The van der Waals surface area contributed by atoms with Gasteiger partial charge in [-0.1, -0.05) is 6.07 Å². The highest BCUT2D eigenvalue weighted by atomic mass is 19.1. The van der Waals surface area contributed by atoms with Crippen molar-refractivity contribution in [2.75, 3.05) is 44.2 Å². The smallest absolute Gasteiger partial charge is 0.146 e. The standard InChI is InChI=1S/C15H22FN3/c16-14-11-13(12-18-9-5-17-6-10-18)3-4-15(14)19-7-1-2-8-19/h3-4,11,17H,1-2,5-10,12H2. The Kier molecular flexibility index (Phi) is 3.99. The first-order chi connectivity index (χ1) is 9.33. The van der Waals surface area contributed by atoms with Gasteiger partial charge in [-0.2, -0.15) is 0 Å². The van der Waals surface area contributed by atoms with Crippen LogP contribution >= 0.6 is 0 Å². The maximum Gasteiger partial charge on any atom is 0.146 e. The highest BCUT2D eigenvalue weighted by Crippen LogP contribution is 2.24. The maximum atomic E-state index is 14.2. The van der Waals surface area contributed by atoms with Crippen molar-refractivity contribution in [2.45, 2.75) is 19.4 Å². The summed E-state index contributed by atoms with van der Waals surface area (Å²) in [5.74, 6) is -0.0606. The molecule has 2 heterocycles. The fourth-order valence-corrected chi connectivity index (χ4v) is 2.99. The van der Waals surface area contributed by atoms with Gasteiger partial charge in [-0.3, -0.25) is 4.90 Å². The summed E-state index contributed by atoms with van der Waals surface area (Å²) < 4.78 is 14.2.